The minimum absolute atomic E-state index is 0.209. The first-order valence-corrected chi connectivity index (χ1v) is 7.72. The van der Waals surface area contributed by atoms with Crippen molar-refractivity contribution in [3.63, 3.8) is 0 Å². The number of ether oxygens (including phenoxy) is 1. The zero-order valence-corrected chi connectivity index (χ0v) is 13.1. The maximum atomic E-state index is 12.5. The third-order valence-electron chi connectivity index (χ3n) is 4.02. The summed E-state index contributed by atoms with van der Waals surface area (Å²) in [5.74, 6) is -0.211. The molecule has 1 saturated heterocycles. The summed E-state index contributed by atoms with van der Waals surface area (Å²) in [6.45, 7) is 2.26. The van der Waals surface area contributed by atoms with Gasteiger partial charge in [0.1, 0.15) is 6.61 Å². The first-order chi connectivity index (χ1) is 11.1. The molecule has 118 valence electrons. The fourth-order valence-electron chi connectivity index (χ4n) is 2.77. The summed E-state index contributed by atoms with van der Waals surface area (Å²) in [7, 11) is 0. The summed E-state index contributed by atoms with van der Waals surface area (Å²) in [6, 6.07) is 17.4. The summed E-state index contributed by atoms with van der Waals surface area (Å²) in [5, 5.41) is 0. The van der Waals surface area contributed by atoms with Crippen LogP contribution in [0.5, 0.6) is 0 Å². The molecular weight excluding hydrogens is 290 g/mol. The minimum Gasteiger partial charge on any atom is -0.447 e. The zero-order chi connectivity index (χ0) is 16.2. The molecule has 0 aliphatic carbocycles. The third-order valence-corrected chi connectivity index (χ3v) is 4.02. The highest BCUT2D eigenvalue weighted by atomic mass is 16.6. The van der Waals surface area contributed by atoms with Crippen LogP contribution in [-0.2, 0) is 22.4 Å². The second kappa shape index (κ2) is 6.65. The number of imide groups is 1. The molecule has 2 aromatic carbocycles. The van der Waals surface area contributed by atoms with Gasteiger partial charge in [-0.2, -0.15) is 0 Å². The fraction of sp³-hybridized carbons (Fsp3) is 0.263. The van der Waals surface area contributed by atoms with Gasteiger partial charge in [-0.3, -0.25) is 4.79 Å². The lowest BCUT2D eigenvalue weighted by atomic mass is 10.0. The van der Waals surface area contributed by atoms with Crippen LogP contribution in [0.2, 0.25) is 0 Å². The van der Waals surface area contributed by atoms with Gasteiger partial charge in [-0.1, -0.05) is 60.2 Å². The molecule has 0 bridgehead atoms. The van der Waals surface area contributed by atoms with Gasteiger partial charge < -0.3 is 4.74 Å². The first kappa shape index (κ1) is 15.3. The topological polar surface area (TPSA) is 46.6 Å². The summed E-state index contributed by atoms with van der Waals surface area (Å²) in [6.07, 6.45) is 0.287. The molecule has 1 fully saturated rings. The van der Waals surface area contributed by atoms with Crippen LogP contribution in [0.1, 0.15) is 16.7 Å². The number of aryl methyl sites for hydroxylation is 1. The zero-order valence-electron chi connectivity index (χ0n) is 13.1. The van der Waals surface area contributed by atoms with E-state index < -0.39 is 6.09 Å². The molecule has 2 amide bonds. The molecule has 4 nitrogen and oxygen atoms in total. The van der Waals surface area contributed by atoms with Gasteiger partial charge in [-0.25, -0.2) is 9.69 Å². The van der Waals surface area contributed by atoms with E-state index in [9.17, 15) is 9.59 Å². The average molecular weight is 309 g/mol. The normalized spacial score (nSPS) is 17.2. The van der Waals surface area contributed by atoms with E-state index in [4.69, 9.17) is 4.74 Å². The molecule has 4 heteroatoms. The van der Waals surface area contributed by atoms with E-state index in [1.807, 2.05) is 61.5 Å². The van der Waals surface area contributed by atoms with E-state index in [1.165, 1.54) is 4.90 Å². The summed E-state index contributed by atoms with van der Waals surface area (Å²) in [5.41, 5.74) is 3.13. The number of benzene rings is 2. The SMILES string of the molecule is Cc1ccc(CC(=O)N2C(=O)OC[C@@H]2Cc2ccccc2)cc1. The second-order valence-electron chi connectivity index (χ2n) is 5.85. The Hall–Kier alpha value is -2.62. The van der Waals surface area contributed by atoms with Crippen molar-refractivity contribution in [1.82, 2.24) is 4.90 Å². The van der Waals surface area contributed by atoms with Gasteiger partial charge in [-0.05, 0) is 24.5 Å². The Kier molecular flexibility index (Phi) is 4.42. The molecule has 0 saturated carbocycles. The number of rotatable bonds is 4. The van der Waals surface area contributed by atoms with Crippen LogP contribution in [0.25, 0.3) is 0 Å². The van der Waals surface area contributed by atoms with E-state index in [0.717, 1.165) is 16.7 Å². The molecule has 2 aromatic rings. The third kappa shape index (κ3) is 3.59. The lowest BCUT2D eigenvalue weighted by Crippen LogP contribution is -2.41. The van der Waals surface area contributed by atoms with Crippen molar-refractivity contribution >= 4 is 12.0 Å². The standard InChI is InChI=1S/C19H19NO3/c1-14-7-9-16(10-8-14)12-18(21)20-17(13-23-19(20)22)11-15-5-3-2-4-6-15/h2-10,17H,11-13H2,1H3/t17-/m0/s1. The molecule has 1 heterocycles. The van der Waals surface area contributed by atoms with Crippen molar-refractivity contribution in [3.8, 4) is 0 Å². The van der Waals surface area contributed by atoms with Gasteiger partial charge >= 0.3 is 6.09 Å². The second-order valence-corrected chi connectivity index (χ2v) is 5.85. The van der Waals surface area contributed by atoms with Crippen LogP contribution >= 0.6 is 0 Å². The number of nitrogens with zero attached hydrogens (tertiary/aromatic N) is 1. The summed E-state index contributed by atoms with van der Waals surface area (Å²) < 4.78 is 5.09. The monoisotopic (exact) mass is 309 g/mol. The van der Waals surface area contributed by atoms with Crippen molar-refractivity contribution in [2.75, 3.05) is 6.61 Å². The van der Waals surface area contributed by atoms with Crippen molar-refractivity contribution in [3.05, 3.63) is 71.3 Å². The van der Waals surface area contributed by atoms with Crippen molar-refractivity contribution in [2.24, 2.45) is 0 Å². The van der Waals surface area contributed by atoms with Crippen LogP contribution in [0.15, 0.2) is 54.6 Å². The number of carbonyl (C=O) groups is 2. The molecule has 1 aliphatic heterocycles. The number of amides is 2. The van der Waals surface area contributed by atoms with Gasteiger partial charge in [0.2, 0.25) is 5.91 Å². The predicted molar refractivity (Wildman–Crippen MR) is 87.0 cm³/mol. The Morgan fingerprint density at radius 1 is 1.09 bits per heavy atom. The number of hydrogen-bond donors (Lipinski definition) is 0. The van der Waals surface area contributed by atoms with E-state index >= 15 is 0 Å². The number of cyclic esters (lactones) is 1. The molecule has 0 N–H and O–H groups in total. The number of hydrogen-bond acceptors (Lipinski definition) is 3. The Morgan fingerprint density at radius 2 is 1.78 bits per heavy atom. The maximum Gasteiger partial charge on any atom is 0.416 e. The largest absolute Gasteiger partial charge is 0.447 e. The van der Waals surface area contributed by atoms with E-state index in [0.29, 0.717) is 6.42 Å². The molecule has 1 aliphatic rings. The molecule has 1 atom stereocenters. The maximum absolute atomic E-state index is 12.5. The minimum atomic E-state index is -0.539. The molecule has 23 heavy (non-hydrogen) atoms. The quantitative estimate of drug-likeness (QED) is 0.871. The highest BCUT2D eigenvalue weighted by Gasteiger charge is 2.37. The molecule has 0 unspecified atom stereocenters. The van der Waals surface area contributed by atoms with Crippen LogP contribution in [-0.4, -0.2) is 29.5 Å². The molecule has 0 aromatic heterocycles. The molecule has 0 radical (unpaired) electrons. The molecular formula is C19H19NO3. The molecule has 3 rings (SSSR count). The fourth-order valence-corrected chi connectivity index (χ4v) is 2.77. The molecule has 0 spiro atoms. The van der Waals surface area contributed by atoms with Crippen molar-refractivity contribution in [2.45, 2.75) is 25.8 Å². The summed E-state index contributed by atoms with van der Waals surface area (Å²) in [4.78, 5) is 25.8. The van der Waals surface area contributed by atoms with Gasteiger partial charge in [0.05, 0.1) is 12.5 Å². The van der Waals surface area contributed by atoms with Gasteiger partial charge in [0.25, 0.3) is 0 Å². The predicted octanol–water partition coefficient (Wildman–Crippen LogP) is 3.13. The van der Waals surface area contributed by atoms with Crippen molar-refractivity contribution in [1.29, 1.82) is 0 Å². The Balaban J connectivity index is 1.71. The van der Waals surface area contributed by atoms with Crippen LogP contribution in [0.4, 0.5) is 4.79 Å². The smallest absolute Gasteiger partial charge is 0.416 e. The van der Waals surface area contributed by atoms with E-state index in [1.54, 1.807) is 0 Å². The van der Waals surface area contributed by atoms with Gasteiger partial charge in [-0.15, -0.1) is 0 Å². The summed E-state index contributed by atoms with van der Waals surface area (Å²) >= 11 is 0. The highest BCUT2D eigenvalue weighted by Crippen LogP contribution is 2.19. The number of carbonyl (C=O) groups excluding carboxylic acids is 2. The van der Waals surface area contributed by atoms with Crippen molar-refractivity contribution < 1.29 is 14.3 Å². The Labute approximate surface area is 135 Å². The van der Waals surface area contributed by atoms with E-state index in [-0.39, 0.29) is 25.0 Å². The lowest BCUT2D eigenvalue weighted by Gasteiger charge is -2.19. The van der Waals surface area contributed by atoms with Crippen LogP contribution in [0.3, 0.4) is 0 Å². The lowest BCUT2D eigenvalue weighted by molar-refractivity contribution is -0.128. The van der Waals surface area contributed by atoms with Crippen LogP contribution < -0.4 is 0 Å². The first-order valence-electron chi connectivity index (χ1n) is 7.72. The Bertz CT molecular complexity index is 694. The average Bonchev–Trinajstić information content (AvgIpc) is 2.91. The van der Waals surface area contributed by atoms with Crippen LogP contribution in [0, 0.1) is 6.92 Å². The Morgan fingerprint density at radius 3 is 2.48 bits per heavy atom. The van der Waals surface area contributed by atoms with Gasteiger partial charge in [0.15, 0.2) is 0 Å². The van der Waals surface area contributed by atoms with E-state index in [2.05, 4.69) is 0 Å². The van der Waals surface area contributed by atoms with Gasteiger partial charge in [0, 0.05) is 0 Å². The highest BCUT2D eigenvalue weighted by molar-refractivity contribution is 5.94.